The van der Waals surface area contributed by atoms with Gasteiger partial charge in [-0.15, -0.1) is 0 Å². The van der Waals surface area contributed by atoms with Gasteiger partial charge in [0.15, 0.2) is 5.78 Å². The average molecular weight is 306 g/mol. The van der Waals surface area contributed by atoms with Gasteiger partial charge < -0.3 is 0 Å². The standard InChI is InChI=1S/C11H7BrCl2O/c12-9-4-1-3-8(7-9)10(15)5-2-6-11(13)14/h1-7H. The lowest BCUT2D eigenvalue weighted by atomic mass is 10.1. The van der Waals surface area contributed by atoms with Crippen LogP contribution in [0.3, 0.4) is 0 Å². The smallest absolute Gasteiger partial charge is 0.185 e. The summed E-state index contributed by atoms with van der Waals surface area (Å²) in [5, 5.41) is 0. The molecule has 0 aliphatic carbocycles. The van der Waals surface area contributed by atoms with Crippen LogP contribution in [-0.2, 0) is 0 Å². The Kier molecular flexibility index (Phi) is 5.09. The highest BCUT2D eigenvalue weighted by Gasteiger charge is 2.00. The monoisotopic (exact) mass is 304 g/mol. The van der Waals surface area contributed by atoms with Gasteiger partial charge in [-0.25, -0.2) is 0 Å². The van der Waals surface area contributed by atoms with Gasteiger partial charge in [-0.05, 0) is 24.3 Å². The Labute approximate surface area is 107 Å². The third-order valence-electron chi connectivity index (χ3n) is 1.58. The van der Waals surface area contributed by atoms with Crippen LogP contribution in [-0.4, -0.2) is 5.78 Å². The number of allylic oxidation sites excluding steroid dienone is 3. The van der Waals surface area contributed by atoms with E-state index in [1.165, 1.54) is 18.2 Å². The zero-order valence-corrected chi connectivity index (χ0v) is 10.7. The van der Waals surface area contributed by atoms with E-state index in [0.717, 1.165) is 4.47 Å². The molecule has 0 saturated carbocycles. The van der Waals surface area contributed by atoms with Gasteiger partial charge in [-0.2, -0.15) is 0 Å². The molecule has 0 unspecified atom stereocenters. The zero-order valence-electron chi connectivity index (χ0n) is 7.58. The number of carbonyl (C=O) groups is 1. The average Bonchev–Trinajstić information content (AvgIpc) is 2.17. The molecule has 4 heteroatoms. The second-order valence-corrected chi connectivity index (χ2v) is 4.61. The summed E-state index contributed by atoms with van der Waals surface area (Å²) < 4.78 is 0.987. The first-order valence-corrected chi connectivity index (χ1v) is 5.64. The topological polar surface area (TPSA) is 17.1 Å². The Hall–Kier alpha value is -0.570. The van der Waals surface area contributed by atoms with Gasteiger partial charge in [-0.3, -0.25) is 4.79 Å². The van der Waals surface area contributed by atoms with Crippen molar-refractivity contribution in [2.75, 3.05) is 0 Å². The van der Waals surface area contributed by atoms with Crippen LogP contribution >= 0.6 is 39.1 Å². The molecule has 0 bridgehead atoms. The van der Waals surface area contributed by atoms with Gasteiger partial charge in [0.25, 0.3) is 0 Å². The summed E-state index contributed by atoms with van der Waals surface area (Å²) >= 11 is 14.1. The highest BCUT2D eigenvalue weighted by atomic mass is 79.9. The third kappa shape index (κ3) is 4.65. The normalized spacial score (nSPS) is 10.3. The van der Waals surface area contributed by atoms with E-state index in [1.54, 1.807) is 18.2 Å². The molecule has 0 heterocycles. The first-order chi connectivity index (χ1) is 7.09. The van der Waals surface area contributed by atoms with Crippen LogP contribution in [0.1, 0.15) is 10.4 Å². The number of carbonyl (C=O) groups excluding carboxylic acids is 1. The molecule has 1 aromatic carbocycles. The molecule has 0 saturated heterocycles. The van der Waals surface area contributed by atoms with Gasteiger partial charge in [-0.1, -0.05) is 57.3 Å². The van der Waals surface area contributed by atoms with E-state index in [1.807, 2.05) is 6.07 Å². The van der Waals surface area contributed by atoms with Gasteiger partial charge >= 0.3 is 0 Å². The summed E-state index contributed by atoms with van der Waals surface area (Å²) in [4.78, 5) is 11.6. The van der Waals surface area contributed by atoms with E-state index < -0.39 is 0 Å². The Morgan fingerprint density at radius 2 is 2.07 bits per heavy atom. The predicted octanol–water partition coefficient (Wildman–Crippen LogP) is 4.51. The maximum absolute atomic E-state index is 11.6. The largest absolute Gasteiger partial charge is 0.289 e. The molecular weight excluding hydrogens is 299 g/mol. The maximum atomic E-state index is 11.6. The van der Waals surface area contributed by atoms with Crippen LogP contribution < -0.4 is 0 Å². The minimum atomic E-state index is -0.0952. The van der Waals surface area contributed by atoms with Crippen molar-refractivity contribution in [3.05, 3.63) is 57.0 Å². The molecule has 0 spiro atoms. The van der Waals surface area contributed by atoms with Gasteiger partial charge in [0.1, 0.15) is 4.49 Å². The minimum Gasteiger partial charge on any atom is -0.289 e. The quantitative estimate of drug-likeness (QED) is 0.456. The fourth-order valence-electron chi connectivity index (χ4n) is 0.946. The molecule has 1 aromatic rings. The molecule has 0 aliphatic heterocycles. The Balaban J connectivity index is 2.78. The number of benzene rings is 1. The van der Waals surface area contributed by atoms with E-state index in [2.05, 4.69) is 15.9 Å². The number of hydrogen-bond donors (Lipinski definition) is 0. The van der Waals surface area contributed by atoms with E-state index in [4.69, 9.17) is 23.2 Å². The second-order valence-electron chi connectivity index (χ2n) is 2.69. The van der Waals surface area contributed by atoms with Crippen LogP contribution in [0.4, 0.5) is 0 Å². The fourth-order valence-corrected chi connectivity index (χ4v) is 1.49. The van der Waals surface area contributed by atoms with Crippen LogP contribution in [0.25, 0.3) is 0 Å². The number of halogens is 3. The molecule has 0 aromatic heterocycles. The van der Waals surface area contributed by atoms with Crippen molar-refractivity contribution in [2.24, 2.45) is 0 Å². The molecule has 0 aliphatic rings. The summed E-state index contributed by atoms with van der Waals surface area (Å²) in [6.45, 7) is 0. The maximum Gasteiger partial charge on any atom is 0.185 e. The third-order valence-corrected chi connectivity index (χ3v) is 2.32. The van der Waals surface area contributed by atoms with E-state index >= 15 is 0 Å². The van der Waals surface area contributed by atoms with Crippen molar-refractivity contribution in [2.45, 2.75) is 0 Å². The first-order valence-electron chi connectivity index (χ1n) is 4.09. The summed E-state index contributed by atoms with van der Waals surface area (Å²) in [6, 6.07) is 7.15. The lowest BCUT2D eigenvalue weighted by molar-refractivity contribution is 0.104. The van der Waals surface area contributed by atoms with Crippen molar-refractivity contribution in [1.82, 2.24) is 0 Å². The lowest BCUT2D eigenvalue weighted by Gasteiger charge is -1.95. The summed E-state index contributed by atoms with van der Waals surface area (Å²) in [6.07, 6.45) is 4.37. The molecule has 78 valence electrons. The molecule has 0 amide bonds. The number of hydrogen-bond acceptors (Lipinski definition) is 1. The van der Waals surface area contributed by atoms with Crippen molar-refractivity contribution < 1.29 is 4.79 Å². The molecule has 0 N–H and O–H groups in total. The minimum absolute atomic E-state index is 0.0952. The zero-order chi connectivity index (χ0) is 11.3. The van der Waals surface area contributed by atoms with Crippen molar-refractivity contribution in [3.63, 3.8) is 0 Å². The van der Waals surface area contributed by atoms with E-state index in [-0.39, 0.29) is 10.3 Å². The van der Waals surface area contributed by atoms with Gasteiger partial charge in [0.2, 0.25) is 0 Å². The molecular formula is C11H7BrCl2O. The molecule has 1 rings (SSSR count). The molecule has 0 fully saturated rings. The fraction of sp³-hybridized carbons (Fsp3) is 0. The Morgan fingerprint density at radius 3 is 2.67 bits per heavy atom. The van der Waals surface area contributed by atoms with Crippen molar-refractivity contribution in [3.8, 4) is 0 Å². The second kappa shape index (κ2) is 6.11. The lowest BCUT2D eigenvalue weighted by Crippen LogP contribution is -1.92. The summed E-state index contributed by atoms with van der Waals surface area (Å²) in [5.41, 5.74) is 0.611. The molecule has 0 radical (unpaired) electrons. The van der Waals surface area contributed by atoms with E-state index in [9.17, 15) is 4.79 Å². The summed E-state index contributed by atoms with van der Waals surface area (Å²) in [7, 11) is 0. The van der Waals surface area contributed by atoms with Crippen LogP contribution in [0.2, 0.25) is 0 Å². The van der Waals surface area contributed by atoms with Gasteiger partial charge in [0, 0.05) is 10.0 Å². The van der Waals surface area contributed by atoms with Crippen molar-refractivity contribution >= 4 is 44.9 Å². The SMILES string of the molecule is O=C(C=CC=C(Cl)Cl)c1cccc(Br)c1. The van der Waals surface area contributed by atoms with Crippen LogP contribution in [0.15, 0.2) is 51.5 Å². The highest BCUT2D eigenvalue weighted by molar-refractivity contribution is 9.10. The van der Waals surface area contributed by atoms with Crippen LogP contribution in [0, 0.1) is 0 Å². The molecule has 15 heavy (non-hydrogen) atoms. The predicted molar refractivity (Wildman–Crippen MR) is 67.4 cm³/mol. The first kappa shape index (κ1) is 12.5. The van der Waals surface area contributed by atoms with Crippen LogP contribution in [0.5, 0.6) is 0 Å². The molecule has 0 atom stereocenters. The summed E-state index contributed by atoms with van der Waals surface area (Å²) in [5.74, 6) is -0.0952. The highest BCUT2D eigenvalue weighted by Crippen LogP contribution is 2.12. The van der Waals surface area contributed by atoms with Gasteiger partial charge in [0.05, 0.1) is 0 Å². The Bertz CT molecular complexity index is 420. The number of rotatable bonds is 3. The molecule has 1 nitrogen and oxygen atoms in total. The van der Waals surface area contributed by atoms with Crippen molar-refractivity contribution in [1.29, 1.82) is 0 Å². The number of ketones is 1. The van der Waals surface area contributed by atoms with E-state index in [0.29, 0.717) is 5.56 Å². The Morgan fingerprint density at radius 1 is 1.33 bits per heavy atom.